The number of ether oxygens (including phenoxy) is 1. The standard InChI is InChI=1S/C49H35BN2O/c1-30-24-31(2)47(32(3)25-30)37-27-40-39-26-35-14-7-8-15-36(35)28-43(39)52(38-22-20-34(21-23-38)33-12-5-4-6-13-33)50-41-16-11-19-46-49(41)51(44(29-37)48(40)50)42-17-9-10-18-45(42)53-46/h4-29H,1-3H3. The van der Waals surface area contributed by atoms with Crippen LogP contribution in [0.3, 0.4) is 0 Å². The fraction of sp³-hybridized carbons (Fsp3) is 0.0612. The zero-order valence-electron chi connectivity index (χ0n) is 29.9. The molecule has 0 fully saturated rings. The summed E-state index contributed by atoms with van der Waals surface area (Å²) in [5.41, 5.74) is 19.6. The molecule has 0 unspecified atom stereocenters. The minimum absolute atomic E-state index is 0.0921. The molecule has 8 aromatic rings. The van der Waals surface area contributed by atoms with Crippen LogP contribution in [0.2, 0.25) is 0 Å². The summed E-state index contributed by atoms with van der Waals surface area (Å²) in [7, 11) is 0. The van der Waals surface area contributed by atoms with Crippen LogP contribution in [0.15, 0.2) is 158 Å². The highest BCUT2D eigenvalue weighted by molar-refractivity contribution is 6.93. The normalized spacial score (nSPS) is 13.2. The fourth-order valence-electron chi connectivity index (χ4n) is 9.35. The molecule has 0 spiro atoms. The van der Waals surface area contributed by atoms with Crippen LogP contribution in [-0.4, -0.2) is 6.85 Å². The van der Waals surface area contributed by atoms with Crippen LogP contribution in [0.5, 0.6) is 11.5 Å². The highest BCUT2D eigenvalue weighted by Gasteiger charge is 2.47. The Morgan fingerprint density at radius 1 is 0.491 bits per heavy atom. The van der Waals surface area contributed by atoms with Crippen molar-refractivity contribution in [2.75, 3.05) is 9.71 Å². The summed E-state index contributed by atoms with van der Waals surface area (Å²) < 4.78 is 6.72. The molecule has 250 valence electrons. The van der Waals surface area contributed by atoms with E-state index in [1.54, 1.807) is 0 Å². The number of hydrogen-bond acceptors (Lipinski definition) is 3. The lowest BCUT2D eigenvalue weighted by Gasteiger charge is -2.47. The van der Waals surface area contributed by atoms with E-state index in [-0.39, 0.29) is 6.85 Å². The van der Waals surface area contributed by atoms with E-state index in [0.29, 0.717) is 0 Å². The second-order valence-corrected chi connectivity index (χ2v) is 14.7. The van der Waals surface area contributed by atoms with Crippen LogP contribution in [0, 0.1) is 20.8 Å². The monoisotopic (exact) mass is 678 g/mol. The zero-order valence-corrected chi connectivity index (χ0v) is 29.9. The Morgan fingerprint density at radius 3 is 1.96 bits per heavy atom. The highest BCUT2D eigenvalue weighted by atomic mass is 16.5. The van der Waals surface area contributed by atoms with Crippen molar-refractivity contribution in [1.29, 1.82) is 0 Å². The number of rotatable bonds is 3. The van der Waals surface area contributed by atoms with Crippen LogP contribution in [0.25, 0.3) is 44.2 Å². The maximum atomic E-state index is 6.72. The van der Waals surface area contributed by atoms with Gasteiger partial charge in [-0.15, -0.1) is 0 Å². The third-order valence-corrected chi connectivity index (χ3v) is 11.4. The molecule has 0 aromatic heterocycles. The lowest BCUT2D eigenvalue weighted by molar-refractivity contribution is 0.477. The third kappa shape index (κ3) is 4.42. The van der Waals surface area contributed by atoms with Gasteiger partial charge in [0.2, 0.25) is 0 Å². The molecule has 0 radical (unpaired) electrons. The van der Waals surface area contributed by atoms with E-state index in [1.165, 1.54) is 83.1 Å². The molecule has 0 bridgehead atoms. The van der Waals surface area contributed by atoms with Gasteiger partial charge in [-0.25, -0.2) is 0 Å². The molecule has 8 aromatic carbocycles. The first-order chi connectivity index (χ1) is 26.0. The van der Waals surface area contributed by atoms with Gasteiger partial charge in [0, 0.05) is 22.6 Å². The molecule has 0 atom stereocenters. The molecular weight excluding hydrogens is 643 g/mol. The summed E-state index contributed by atoms with van der Waals surface area (Å²) in [5, 5.41) is 2.47. The molecule has 3 aliphatic rings. The molecule has 3 nitrogen and oxygen atoms in total. The molecule has 0 aliphatic carbocycles. The van der Waals surface area contributed by atoms with E-state index in [2.05, 4.69) is 188 Å². The number of anilines is 5. The summed E-state index contributed by atoms with van der Waals surface area (Å²) in [6, 6.07) is 58.0. The maximum absolute atomic E-state index is 6.72. The number of benzene rings is 8. The van der Waals surface area contributed by atoms with Crippen molar-refractivity contribution in [2.24, 2.45) is 0 Å². The minimum atomic E-state index is -0.0921. The van der Waals surface area contributed by atoms with Crippen molar-refractivity contribution in [3.05, 3.63) is 174 Å². The molecule has 0 amide bonds. The Morgan fingerprint density at radius 2 is 1.17 bits per heavy atom. The topological polar surface area (TPSA) is 15.7 Å². The van der Waals surface area contributed by atoms with E-state index in [4.69, 9.17) is 4.74 Å². The lowest BCUT2D eigenvalue weighted by atomic mass is 9.43. The first-order valence-electron chi connectivity index (χ1n) is 18.5. The third-order valence-electron chi connectivity index (χ3n) is 11.4. The molecule has 53 heavy (non-hydrogen) atoms. The van der Waals surface area contributed by atoms with Gasteiger partial charge in [-0.05, 0) is 136 Å². The number of hydrogen-bond donors (Lipinski definition) is 0. The number of para-hydroxylation sites is 3. The van der Waals surface area contributed by atoms with Gasteiger partial charge < -0.3 is 14.4 Å². The van der Waals surface area contributed by atoms with Gasteiger partial charge in [-0.2, -0.15) is 0 Å². The smallest absolute Gasteiger partial charge is 0.333 e. The van der Waals surface area contributed by atoms with Gasteiger partial charge in [-0.1, -0.05) is 109 Å². The van der Waals surface area contributed by atoms with E-state index >= 15 is 0 Å². The predicted octanol–water partition coefficient (Wildman–Crippen LogP) is 11.9. The average Bonchev–Trinajstić information content (AvgIpc) is 3.18. The summed E-state index contributed by atoms with van der Waals surface area (Å²) in [6.07, 6.45) is 0. The quantitative estimate of drug-likeness (QED) is 0.173. The average molecular weight is 679 g/mol. The Labute approximate surface area is 310 Å². The molecule has 3 aliphatic heterocycles. The van der Waals surface area contributed by atoms with Gasteiger partial charge in [-0.3, -0.25) is 0 Å². The summed E-state index contributed by atoms with van der Waals surface area (Å²) >= 11 is 0. The maximum Gasteiger partial charge on any atom is 0.333 e. The number of nitrogens with zero attached hydrogens (tertiary/aromatic N) is 2. The summed E-state index contributed by atoms with van der Waals surface area (Å²) in [6.45, 7) is 6.60. The van der Waals surface area contributed by atoms with Gasteiger partial charge >= 0.3 is 6.85 Å². The van der Waals surface area contributed by atoms with E-state index in [9.17, 15) is 0 Å². The largest absolute Gasteiger partial charge is 0.453 e. The van der Waals surface area contributed by atoms with Gasteiger partial charge in [0.15, 0.2) is 11.5 Å². The second kappa shape index (κ2) is 11.2. The second-order valence-electron chi connectivity index (χ2n) is 14.7. The fourth-order valence-corrected chi connectivity index (χ4v) is 9.35. The van der Waals surface area contributed by atoms with Crippen molar-refractivity contribution >= 4 is 57.0 Å². The lowest BCUT2D eigenvalue weighted by Crippen LogP contribution is -2.61. The van der Waals surface area contributed by atoms with Crippen LogP contribution < -0.4 is 25.4 Å². The van der Waals surface area contributed by atoms with Crippen molar-refractivity contribution in [1.82, 2.24) is 0 Å². The Balaban J connectivity index is 1.25. The van der Waals surface area contributed by atoms with Crippen molar-refractivity contribution < 1.29 is 4.74 Å². The molecule has 0 saturated heterocycles. The van der Waals surface area contributed by atoms with E-state index in [1.807, 2.05) is 0 Å². The molecule has 3 heterocycles. The summed E-state index contributed by atoms with van der Waals surface area (Å²) in [4.78, 5) is 5.06. The SMILES string of the molecule is Cc1cc(C)c(-c2cc3c4c(c2)N2c5ccccc5Oc5cccc(c52)B4N(c2ccc(-c4ccccc4)cc2)c2cc4ccccc4cc2-3)c(C)c1. The molecule has 0 saturated carbocycles. The summed E-state index contributed by atoms with van der Waals surface area (Å²) in [5.74, 6) is 1.75. The number of aryl methyl sites for hydroxylation is 3. The van der Waals surface area contributed by atoms with Gasteiger partial charge in [0.05, 0.1) is 11.4 Å². The first kappa shape index (κ1) is 30.1. The van der Waals surface area contributed by atoms with Crippen LogP contribution in [0.4, 0.5) is 28.4 Å². The molecule has 4 heteroatoms. The van der Waals surface area contributed by atoms with Crippen molar-refractivity contribution in [3.8, 4) is 44.9 Å². The van der Waals surface area contributed by atoms with Crippen LogP contribution in [-0.2, 0) is 0 Å². The first-order valence-corrected chi connectivity index (χ1v) is 18.5. The van der Waals surface area contributed by atoms with Gasteiger partial charge in [0.25, 0.3) is 0 Å². The van der Waals surface area contributed by atoms with Crippen LogP contribution in [0.1, 0.15) is 16.7 Å². The Bertz CT molecular complexity index is 2780. The molecule has 11 rings (SSSR count). The van der Waals surface area contributed by atoms with Crippen molar-refractivity contribution in [2.45, 2.75) is 20.8 Å². The minimum Gasteiger partial charge on any atom is -0.453 e. The van der Waals surface area contributed by atoms with Crippen LogP contribution >= 0.6 is 0 Å². The van der Waals surface area contributed by atoms with Crippen molar-refractivity contribution in [3.63, 3.8) is 0 Å². The molecule has 0 N–H and O–H groups in total. The van der Waals surface area contributed by atoms with Gasteiger partial charge in [0.1, 0.15) is 0 Å². The number of fused-ring (bicyclic) bond motifs is 7. The molecular formula is C49H35BN2O. The predicted molar refractivity (Wildman–Crippen MR) is 223 cm³/mol. The Hall–Kier alpha value is -6.52. The van der Waals surface area contributed by atoms with E-state index < -0.39 is 0 Å². The Kier molecular flexibility index (Phi) is 6.39. The van der Waals surface area contributed by atoms with E-state index in [0.717, 1.165) is 28.6 Å². The highest BCUT2D eigenvalue weighted by Crippen LogP contribution is 2.55. The zero-order chi connectivity index (χ0) is 35.4.